The third-order valence-electron chi connectivity index (χ3n) is 4.06. The van der Waals surface area contributed by atoms with E-state index in [1.807, 2.05) is 23.1 Å². The summed E-state index contributed by atoms with van der Waals surface area (Å²) in [6.45, 7) is 1.99. The number of aromatic nitrogens is 4. The van der Waals surface area contributed by atoms with Crippen molar-refractivity contribution in [2.75, 3.05) is 13.1 Å². The van der Waals surface area contributed by atoms with Gasteiger partial charge in [0.25, 0.3) is 0 Å². The Bertz CT molecular complexity index is 604. The van der Waals surface area contributed by atoms with Crippen molar-refractivity contribution in [2.24, 2.45) is 0 Å². The van der Waals surface area contributed by atoms with E-state index in [1.54, 1.807) is 4.68 Å². The first-order chi connectivity index (χ1) is 10.8. The van der Waals surface area contributed by atoms with Gasteiger partial charge in [-0.25, -0.2) is 4.68 Å². The van der Waals surface area contributed by atoms with Crippen molar-refractivity contribution in [3.05, 3.63) is 41.7 Å². The van der Waals surface area contributed by atoms with Crippen LogP contribution >= 0.6 is 0 Å². The lowest BCUT2D eigenvalue weighted by atomic mass is 10.1. The molecule has 3 rings (SSSR count). The minimum Gasteiger partial charge on any atom is -0.341 e. The molecule has 6 nitrogen and oxygen atoms in total. The van der Waals surface area contributed by atoms with Crippen LogP contribution < -0.4 is 0 Å². The zero-order valence-electron chi connectivity index (χ0n) is 12.7. The number of likely N-dealkylation sites (tertiary alicyclic amines) is 1. The fraction of sp³-hybridized carbons (Fsp3) is 0.500. The van der Waals surface area contributed by atoms with Crippen molar-refractivity contribution < 1.29 is 4.79 Å². The zero-order chi connectivity index (χ0) is 15.2. The van der Waals surface area contributed by atoms with Gasteiger partial charge in [-0.1, -0.05) is 30.3 Å². The molecule has 1 aromatic heterocycles. The maximum Gasteiger partial charge on any atom is 0.244 e. The molecule has 0 N–H and O–H groups in total. The smallest absolute Gasteiger partial charge is 0.244 e. The van der Waals surface area contributed by atoms with Gasteiger partial charge in [-0.05, 0) is 41.7 Å². The molecule has 2 aromatic rings. The maximum absolute atomic E-state index is 12.2. The van der Waals surface area contributed by atoms with E-state index < -0.39 is 0 Å². The van der Waals surface area contributed by atoms with Gasteiger partial charge >= 0.3 is 0 Å². The molecule has 6 heteroatoms. The first-order valence-corrected chi connectivity index (χ1v) is 7.89. The molecule has 0 bridgehead atoms. The lowest BCUT2D eigenvalue weighted by Gasteiger charge is -2.15. The molecule has 1 saturated heterocycles. The van der Waals surface area contributed by atoms with Crippen LogP contribution in [0.5, 0.6) is 0 Å². The molecular formula is C16H21N5O. The minimum atomic E-state index is 0.120. The second-order valence-electron chi connectivity index (χ2n) is 5.68. The quantitative estimate of drug-likeness (QED) is 0.810. The molecule has 1 fully saturated rings. The summed E-state index contributed by atoms with van der Waals surface area (Å²) in [5.74, 6) is 0.914. The van der Waals surface area contributed by atoms with Crippen molar-refractivity contribution in [1.82, 2.24) is 25.1 Å². The Balaban J connectivity index is 1.52. The molecule has 22 heavy (non-hydrogen) atoms. The number of tetrazole rings is 1. The highest BCUT2D eigenvalue weighted by molar-refractivity contribution is 5.76. The molecule has 116 valence electrons. The molecule has 0 saturated carbocycles. The molecule has 0 radical (unpaired) electrons. The monoisotopic (exact) mass is 299 g/mol. The summed E-state index contributed by atoms with van der Waals surface area (Å²) in [7, 11) is 0. The van der Waals surface area contributed by atoms with E-state index in [9.17, 15) is 4.79 Å². The Kier molecular flexibility index (Phi) is 4.78. The van der Waals surface area contributed by atoms with Crippen molar-refractivity contribution in [2.45, 2.75) is 38.6 Å². The Morgan fingerprint density at radius 1 is 1.09 bits per heavy atom. The number of benzene rings is 1. The Labute approximate surface area is 130 Å². The molecule has 0 aliphatic carbocycles. The second kappa shape index (κ2) is 7.15. The summed E-state index contributed by atoms with van der Waals surface area (Å²) in [6.07, 6.45) is 4.96. The predicted octanol–water partition coefficient (Wildman–Crippen LogP) is 1.47. The van der Waals surface area contributed by atoms with Gasteiger partial charge in [0.1, 0.15) is 6.54 Å². The number of hydrogen-bond donors (Lipinski definition) is 0. The standard InChI is InChI=1S/C16H21N5O/c22-16(20-11-4-5-12-20)13-21-15(17-18-19-21)10-6-9-14-7-2-1-3-8-14/h1-3,7-8H,4-6,9-13H2. The van der Waals surface area contributed by atoms with E-state index >= 15 is 0 Å². The van der Waals surface area contributed by atoms with Crippen molar-refractivity contribution in [3.63, 3.8) is 0 Å². The fourth-order valence-corrected chi connectivity index (χ4v) is 2.82. The van der Waals surface area contributed by atoms with Crippen LogP contribution in [0.2, 0.25) is 0 Å². The molecule has 0 spiro atoms. The summed E-state index contributed by atoms with van der Waals surface area (Å²) < 4.78 is 1.64. The normalized spacial score (nSPS) is 14.5. The topological polar surface area (TPSA) is 63.9 Å². The summed E-state index contributed by atoms with van der Waals surface area (Å²) in [6, 6.07) is 10.4. The Morgan fingerprint density at radius 2 is 1.86 bits per heavy atom. The van der Waals surface area contributed by atoms with Gasteiger partial charge in [0, 0.05) is 19.5 Å². The predicted molar refractivity (Wildman–Crippen MR) is 82.1 cm³/mol. The second-order valence-corrected chi connectivity index (χ2v) is 5.68. The van der Waals surface area contributed by atoms with E-state index in [4.69, 9.17) is 0 Å². The van der Waals surface area contributed by atoms with Gasteiger partial charge < -0.3 is 4.90 Å². The molecule has 0 atom stereocenters. The molecule has 1 amide bonds. The molecule has 1 aliphatic heterocycles. The molecule has 2 heterocycles. The van der Waals surface area contributed by atoms with E-state index in [0.717, 1.165) is 51.0 Å². The SMILES string of the molecule is O=C(Cn1nnnc1CCCc1ccccc1)N1CCCC1. The van der Waals surface area contributed by atoms with E-state index in [-0.39, 0.29) is 12.5 Å². The number of carbonyl (C=O) groups excluding carboxylic acids is 1. The zero-order valence-corrected chi connectivity index (χ0v) is 12.7. The van der Waals surface area contributed by atoms with Gasteiger partial charge in [-0.15, -0.1) is 5.10 Å². The van der Waals surface area contributed by atoms with Crippen LogP contribution in [0.25, 0.3) is 0 Å². The summed E-state index contributed by atoms with van der Waals surface area (Å²) in [5, 5.41) is 11.7. The lowest BCUT2D eigenvalue weighted by Crippen LogP contribution is -2.32. The van der Waals surface area contributed by atoms with Crippen LogP contribution in [0.1, 0.15) is 30.7 Å². The lowest BCUT2D eigenvalue weighted by molar-refractivity contribution is -0.131. The molecule has 0 unspecified atom stereocenters. The number of aryl methyl sites for hydroxylation is 2. The maximum atomic E-state index is 12.2. The van der Waals surface area contributed by atoms with E-state index in [1.165, 1.54) is 5.56 Å². The average molecular weight is 299 g/mol. The molecular weight excluding hydrogens is 278 g/mol. The summed E-state index contributed by atoms with van der Waals surface area (Å²) in [5.41, 5.74) is 1.31. The van der Waals surface area contributed by atoms with Crippen molar-refractivity contribution >= 4 is 5.91 Å². The highest BCUT2D eigenvalue weighted by atomic mass is 16.2. The highest BCUT2D eigenvalue weighted by Gasteiger charge is 2.19. The number of rotatable bonds is 6. The van der Waals surface area contributed by atoms with Crippen molar-refractivity contribution in [1.29, 1.82) is 0 Å². The van der Waals surface area contributed by atoms with Crippen LogP contribution in [0.4, 0.5) is 0 Å². The number of carbonyl (C=O) groups is 1. The number of amides is 1. The highest BCUT2D eigenvalue weighted by Crippen LogP contribution is 2.09. The summed E-state index contributed by atoms with van der Waals surface area (Å²) in [4.78, 5) is 14.1. The first kappa shape index (κ1) is 14.7. The molecule has 1 aliphatic rings. The third kappa shape index (κ3) is 3.69. The van der Waals surface area contributed by atoms with Crippen LogP contribution in [0.15, 0.2) is 30.3 Å². The number of nitrogens with zero attached hydrogens (tertiary/aromatic N) is 5. The van der Waals surface area contributed by atoms with Crippen LogP contribution in [-0.2, 0) is 24.2 Å². The van der Waals surface area contributed by atoms with Crippen LogP contribution in [-0.4, -0.2) is 44.1 Å². The molecule has 1 aromatic carbocycles. The first-order valence-electron chi connectivity index (χ1n) is 7.89. The van der Waals surface area contributed by atoms with E-state index in [0.29, 0.717) is 0 Å². The number of hydrogen-bond acceptors (Lipinski definition) is 4. The van der Waals surface area contributed by atoms with Crippen LogP contribution in [0.3, 0.4) is 0 Å². The fourth-order valence-electron chi connectivity index (χ4n) is 2.82. The van der Waals surface area contributed by atoms with Crippen LogP contribution in [0, 0.1) is 0 Å². The Hall–Kier alpha value is -2.24. The average Bonchev–Trinajstić information content (AvgIpc) is 3.20. The van der Waals surface area contributed by atoms with Gasteiger partial charge in [-0.3, -0.25) is 4.79 Å². The Morgan fingerprint density at radius 3 is 2.64 bits per heavy atom. The van der Waals surface area contributed by atoms with E-state index in [2.05, 4.69) is 27.7 Å². The third-order valence-corrected chi connectivity index (χ3v) is 4.06. The van der Waals surface area contributed by atoms with Crippen molar-refractivity contribution in [3.8, 4) is 0 Å². The minimum absolute atomic E-state index is 0.120. The summed E-state index contributed by atoms with van der Waals surface area (Å²) >= 11 is 0. The van der Waals surface area contributed by atoms with Gasteiger partial charge in [0.2, 0.25) is 5.91 Å². The van der Waals surface area contributed by atoms with Gasteiger partial charge in [-0.2, -0.15) is 0 Å². The largest absolute Gasteiger partial charge is 0.341 e. The van der Waals surface area contributed by atoms with Gasteiger partial charge in [0.05, 0.1) is 0 Å². The van der Waals surface area contributed by atoms with Gasteiger partial charge in [0.15, 0.2) is 5.82 Å².